The lowest BCUT2D eigenvalue weighted by atomic mass is 9.88. The van der Waals surface area contributed by atoms with Crippen molar-refractivity contribution in [3.63, 3.8) is 0 Å². The maximum absolute atomic E-state index is 14.0. The van der Waals surface area contributed by atoms with E-state index in [1.807, 2.05) is 13.8 Å². The summed E-state index contributed by atoms with van der Waals surface area (Å²) in [5.74, 6) is 1.97. The van der Waals surface area contributed by atoms with Crippen LogP contribution in [0.1, 0.15) is 176 Å². The molecular weight excluding hydrogens is 1340 g/mol. The number of hydrogen-bond acceptors (Lipinski definition) is 14. The third-order valence-corrected chi connectivity index (χ3v) is 23.9. The third-order valence-electron chi connectivity index (χ3n) is 21.1. The predicted octanol–water partition coefficient (Wildman–Crippen LogP) is 16.6. The molecule has 4 aromatic heterocycles. The van der Waals surface area contributed by atoms with Gasteiger partial charge in [0, 0.05) is 94.2 Å². The maximum Gasteiger partial charge on any atom is 0.409 e. The van der Waals surface area contributed by atoms with E-state index in [2.05, 4.69) is 144 Å². The van der Waals surface area contributed by atoms with Gasteiger partial charge < -0.3 is 55.2 Å². The molecule has 22 heteroatoms. The Labute approximate surface area is 610 Å². The highest BCUT2D eigenvalue weighted by atomic mass is 35.5. The molecule has 0 spiro atoms. The van der Waals surface area contributed by atoms with Gasteiger partial charge in [0.15, 0.2) is 0 Å². The van der Waals surface area contributed by atoms with Crippen LogP contribution in [0.25, 0.3) is 42.9 Å². The Morgan fingerprint density at radius 3 is 1.34 bits per heavy atom. The van der Waals surface area contributed by atoms with E-state index in [1.54, 1.807) is 36.5 Å². The molecule has 3 aromatic carbocycles. The number of nitrogens with one attached hydrogen (secondary N) is 3. The second-order valence-electron chi connectivity index (χ2n) is 30.3. The zero-order valence-electron chi connectivity index (χ0n) is 60.7. The molecule has 6 aliphatic rings. The molecule has 13 rings (SSSR count). The molecule has 6 aliphatic heterocycles. The summed E-state index contributed by atoms with van der Waals surface area (Å²) in [4.78, 5) is 81.7. The molecule has 10 heterocycles. The summed E-state index contributed by atoms with van der Waals surface area (Å²) in [6.07, 6.45) is 15.3. The number of aliphatic hydroxyl groups is 1. The fourth-order valence-electron chi connectivity index (χ4n) is 15.9. The fourth-order valence-corrected chi connectivity index (χ4v) is 18.3. The first-order valence-electron chi connectivity index (χ1n) is 36.1. The number of thiophene rings is 2. The largest absolute Gasteiger partial charge is 0.447 e. The third kappa shape index (κ3) is 18.7. The SMILES string of the molecule is CC(C)O.Cc1cc(C)cc(-c2[nH]c3sc(C(C)(C)C(=O)N4C5CCC4CC5)cc3c2CCN2CCC(CN)CC2)c1.Cc1cc(C)cc(-c2[nH]c3sc(C(C)(C)C(=O)N4C5CCC4CC5)cc3c2CCN2CCC(CNC(=O)OC(C)C)CC2)c1.Cl.O=C(Cl)Oc1ccc([N+](=O)[O-])cc1. The topological polar surface area (TPSA) is 233 Å². The molecule has 0 radical (unpaired) electrons. The van der Waals surface area contributed by atoms with E-state index in [1.165, 1.54) is 170 Å². The van der Waals surface area contributed by atoms with Crippen molar-refractivity contribution in [2.24, 2.45) is 17.6 Å². The number of amides is 3. The smallest absolute Gasteiger partial charge is 0.409 e. The molecule has 4 bridgehead atoms. The predicted molar refractivity (Wildman–Crippen MR) is 408 cm³/mol. The standard InChI is InChI=1S/C36H50N4O3S.C32H44N4OS.C7H4ClNO4.C3H8O.ClH/c1-22(2)43-35(42)37-21-25-11-14-39(15-12-25)16-13-29-30-20-31(36(5,6)34(41)40-27-7-8-28(40)10-9-27)44-33(30)38-32(29)26-18-23(3)17-24(4)19-26;1-20-15-21(2)17-23(16-20)29-26(11-14-35-12-9-22(19-33)10-13-35)27-18-28(38-30(27)34-29)32(3,4)31(37)36-24-5-6-25(36)8-7-24;8-7(10)13-6-3-1-5(2-4-6)9(11)12;1-3(2)4;/h17-20,22,25,27-28,38H,7-16,21H2,1-6H3,(H,37,42);15-18,22,24-25,34H,5-14,19,33H2,1-4H3;1-4H;3-4H,1-2H3;1H. The summed E-state index contributed by atoms with van der Waals surface area (Å²) in [7, 11) is 0. The van der Waals surface area contributed by atoms with Crippen molar-refractivity contribution in [2.45, 2.75) is 220 Å². The van der Waals surface area contributed by atoms with Crippen LogP contribution in [0, 0.1) is 49.6 Å². The number of benzene rings is 3. The molecule has 100 heavy (non-hydrogen) atoms. The number of hydrogen-bond donors (Lipinski definition) is 5. The minimum absolute atomic E-state index is 0. The Kier molecular flexibility index (Phi) is 26.3. The maximum atomic E-state index is 14.0. The van der Waals surface area contributed by atoms with Gasteiger partial charge >= 0.3 is 11.5 Å². The highest BCUT2D eigenvalue weighted by Crippen LogP contribution is 2.47. The number of non-ortho nitro benzene ring substituents is 1. The quantitative estimate of drug-likeness (QED) is 0.0307. The van der Waals surface area contributed by atoms with Gasteiger partial charge in [-0.1, -0.05) is 34.4 Å². The Hall–Kier alpha value is -6.36. The van der Waals surface area contributed by atoms with Crippen molar-refractivity contribution in [3.05, 3.63) is 126 Å². The van der Waals surface area contributed by atoms with Gasteiger partial charge in [-0.3, -0.25) is 19.7 Å². The number of nitrogens with zero attached hydrogens (tertiary/aromatic N) is 5. The number of carbonyl (C=O) groups is 4. The van der Waals surface area contributed by atoms with Crippen LogP contribution in [0.5, 0.6) is 5.75 Å². The number of aromatic amines is 2. The number of nitrogens with two attached hydrogens (primary N) is 1. The number of aliphatic hydroxyl groups excluding tert-OH is 1. The van der Waals surface area contributed by atoms with Crippen molar-refractivity contribution < 1.29 is 38.7 Å². The van der Waals surface area contributed by atoms with Crippen molar-refractivity contribution in [2.75, 3.05) is 52.4 Å². The zero-order chi connectivity index (χ0) is 71.2. The van der Waals surface area contributed by atoms with Gasteiger partial charge in [0.2, 0.25) is 11.8 Å². The van der Waals surface area contributed by atoms with Gasteiger partial charge in [0.1, 0.15) is 15.4 Å². The van der Waals surface area contributed by atoms with Crippen molar-refractivity contribution in [3.8, 4) is 28.3 Å². The van der Waals surface area contributed by atoms with E-state index in [4.69, 9.17) is 27.2 Å². The summed E-state index contributed by atoms with van der Waals surface area (Å²) in [5.41, 5.74) is 16.7. The molecular formula is C78H107Cl2N9O9S2. The molecule has 6 saturated heterocycles. The van der Waals surface area contributed by atoms with E-state index in [-0.39, 0.29) is 42.1 Å². The first kappa shape index (κ1) is 77.8. The second kappa shape index (κ2) is 33.8. The van der Waals surface area contributed by atoms with Crippen LogP contribution < -0.4 is 15.8 Å². The van der Waals surface area contributed by atoms with Gasteiger partial charge in [0.25, 0.3) is 5.69 Å². The molecule has 6 fully saturated rings. The zero-order valence-corrected chi connectivity index (χ0v) is 63.9. The van der Waals surface area contributed by atoms with Crippen LogP contribution in [0.4, 0.5) is 15.3 Å². The van der Waals surface area contributed by atoms with E-state index < -0.39 is 21.2 Å². The number of piperidine rings is 2. The number of carbonyl (C=O) groups excluding carboxylic acids is 4. The number of H-pyrrole nitrogens is 2. The summed E-state index contributed by atoms with van der Waals surface area (Å²) in [6.45, 7) is 32.3. The summed E-state index contributed by atoms with van der Waals surface area (Å²) >= 11 is 8.47. The minimum Gasteiger partial charge on any atom is -0.447 e. The first-order valence-corrected chi connectivity index (χ1v) is 38.1. The summed E-state index contributed by atoms with van der Waals surface area (Å²) in [6, 6.07) is 25.1. The number of aryl methyl sites for hydroxylation is 4. The van der Waals surface area contributed by atoms with E-state index in [9.17, 15) is 29.3 Å². The first-order chi connectivity index (χ1) is 47.1. The molecule has 3 amide bonds. The van der Waals surface area contributed by atoms with Crippen LogP contribution in [0.3, 0.4) is 0 Å². The molecule has 0 saturated carbocycles. The molecule has 18 nitrogen and oxygen atoms in total. The Morgan fingerprint density at radius 1 is 0.630 bits per heavy atom. The van der Waals surface area contributed by atoms with Crippen LogP contribution in [-0.2, 0) is 38.0 Å². The van der Waals surface area contributed by atoms with Crippen LogP contribution in [-0.4, -0.2) is 152 Å². The lowest BCUT2D eigenvalue weighted by molar-refractivity contribution is -0.384. The molecule has 6 N–H and O–H groups in total. The molecule has 544 valence electrons. The van der Waals surface area contributed by atoms with Gasteiger partial charge in [-0.15, -0.1) is 35.1 Å². The van der Waals surface area contributed by atoms with Crippen LogP contribution in [0.2, 0.25) is 0 Å². The number of fused-ring (bicyclic) bond motifs is 6. The van der Waals surface area contributed by atoms with E-state index in [0.29, 0.717) is 54.4 Å². The highest BCUT2D eigenvalue weighted by Gasteiger charge is 2.49. The number of halogens is 2. The van der Waals surface area contributed by atoms with Crippen LogP contribution >= 0.6 is 46.7 Å². The Bertz CT molecular complexity index is 3890. The summed E-state index contributed by atoms with van der Waals surface area (Å²) in [5, 5.41) is 23.8. The van der Waals surface area contributed by atoms with Gasteiger partial charge in [0.05, 0.1) is 33.2 Å². The van der Waals surface area contributed by atoms with Crippen molar-refractivity contribution in [1.82, 2.24) is 34.9 Å². The highest BCUT2D eigenvalue weighted by molar-refractivity contribution is 7.19. The lowest BCUT2D eigenvalue weighted by Gasteiger charge is -2.32. The second-order valence-corrected chi connectivity index (χ2v) is 32.8. The van der Waals surface area contributed by atoms with E-state index >= 15 is 0 Å². The van der Waals surface area contributed by atoms with Crippen LogP contribution in [0.15, 0.2) is 72.8 Å². The average Bonchev–Trinajstić information content (AvgIpc) is 1.60. The van der Waals surface area contributed by atoms with Crippen molar-refractivity contribution in [1.29, 1.82) is 0 Å². The summed E-state index contributed by atoms with van der Waals surface area (Å²) < 4.78 is 9.68. The molecule has 0 atom stereocenters. The fraction of sp³-hybridized carbons (Fsp3) is 0.564. The number of ether oxygens (including phenoxy) is 2. The number of alkyl carbamates (subject to hydrolysis) is 1. The van der Waals surface area contributed by atoms with Crippen molar-refractivity contribution >= 4 is 96.1 Å². The number of nitro benzene ring substituents is 1. The normalized spacial score (nSPS) is 19.5. The molecule has 0 unspecified atom stereocenters. The molecule has 0 aliphatic carbocycles. The Morgan fingerprint density at radius 2 is 1.00 bits per heavy atom. The number of rotatable bonds is 18. The van der Waals surface area contributed by atoms with Gasteiger partial charge in [-0.05, 0) is 288 Å². The van der Waals surface area contributed by atoms with Gasteiger partial charge in [-0.25, -0.2) is 9.59 Å². The number of likely N-dealkylation sites (tertiary alicyclic amines) is 2. The average molecular weight is 1450 g/mol. The van der Waals surface area contributed by atoms with Gasteiger partial charge in [-0.2, -0.15) is 0 Å². The Balaban J connectivity index is 0.000000189. The molecule has 7 aromatic rings. The number of nitro groups is 1. The minimum atomic E-state index is -0.978. The lowest BCUT2D eigenvalue weighted by Crippen LogP contribution is -2.45. The number of aromatic nitrogens is 2. The monoisotopic (exact) mass is 1450 g/mol. The van der Waals surface area contributed by atoms with E-state index in [0.717, 1.165) is 76.4 Å².